The Labute approximate surface area is 109 Å². The molecule has 1 rings (SSSR count). The molecule has 2 unspecified atom stereocenters. The van der Waals surface area contributed by atoms with Crippen molar-refractivity contribution >= 4 is 15.9 Å². The van der Waals surface area contributed by atoms with Gasteiger partial charge in [0.05, 0.1) is 5.75 Å². The van der Waals surface area contributed by atoms with E-state index in [-0.39, 0.29) is 23.5 Å². The van der Waals surface area contributed by atoms with E-state index in [4.69, 9.17) is 10.9 Å². The molecule has 1 aliphatic carbocycles. The van der Waals surface area contributed by atoms with Gasteiger partial charge in [-0.15, -0.1) is 0 Å². The van der Waals surface area contributed by atoms with Gasteiger partial charge in [0.25, 0.3) is 0 Å². The van der Waals surface area contributed by atoms with Crippen molar-refractivity contribution in [2.45, 2.75) is 32.1 Å². The lowest BCUT2D eigenvalue weighted by molar-refractivity contribution is -0.127. The molecule has 0 heterocycles. The van der Waals surface area contributed by atoms with E-state index >= 15 is 0 Å². The number of amides is 1. The largest absolute Gasteiger partial charge is 0.356 e. The van der Waals surface area contributed by atoms with E-state index in [9.17, 15) is 13.2 Å². The number of hydrogen-bond acceptors (Lipinski definition) is 4. The van der Waals surface area contributed by atoms with E-state index in [1.165, 1.54) is 0 Å². The summed E-state index contributed by atoms with van der Waals surface area (Å²) in [6, 6.07) is 0. The Balaban J connectivity index is 2.31. The van der Waals surface area contributed by atoms with Crippen molar-refractivity contribution in [2.24, 2.45) is 22.7 Å². The zero-order chi connectivity index (χ0) is 13.6. The number of hydrogen-bond donors (Lipinski definition) is 3. The first kappa shape index (κ1) is 15.4. The standard InChI is InChI=1S/C11H23N3O3S/c12-8-9-4-1-2-5-10(9)11(15)14-6-3-7-18(13,16)17/h9-10H,1-8,12H2,(H,14,15)(H2,13,16,17). The maximum absolute atomic E-state index is 11.9. The first-order valence-electron chi connectivity index (χ1n) is 6.42. The fraction of sp³-hybridized carbons (Fsp3) is 0.909. The van der Waals surface area contributed by atoms with Gasteiger partial charge in [-0.05, 0) is 31.7 Å². The number of carbonyl (C=O) groups is 1. The normalized spacial score (nSPS) is 24.8. The Morgan fingerprint density at radius 1 is 1.28 bits per heavy atom. The van der Waals surface area contributed by atoms with Crippen LogP contribution in [0.3, 0.4) is 0 Å². The molecule has 1 aliphatic rings. The fourth-order valence-corrected chi connectivity index (χ4v) is 3.00. The van der Waals surface area contributed by atoms with Crippen molar-refractivity contribution in [3.8, 4) is 0 Å². The van der Waals surface area contributed by atoms with Crippen LogP contribution < -0.4 is 16.2 Å². The van der Waals surface area contributed by atoms with Crippen molar-refractivity contribution in [3.63, 3.8) is 0 Å². The molecular weight excluding hydrogens is 254 g/mol. The predicted octanol–water partition coefficient (Wildman–Crippen LogP) is -0.454. The number of primary sulfonamides is 1. The minimum Gasteiger partial charge on any atom is -0.356 e. The molecular formula is C11H23N3O3S. The Hall–Kier alpha value is -0.660. The van der Waals surface area contributed by atoms with Crippen LogP contribution in [0.25, 0.3) is 0 Å². The quantitative estimate of drug-likeness (QED) is 0.570. The number of rotatable bonds is 6. The van der Waals surface area contributed by atoms with Crippen LogP contribution >= 0.6 is 0 Å². The average molecular weight is 277 g/mol. The monoisotopic (exact) mass is 277 g/mol. The number of carbonyl (C=O) groups excluding carboxylic acids is 1. The van der Waals surface area contributed by atoms with Crippen LogP contribution in [0.4, 0.5) is 0 Å². The third-order valence-corrected chi connectivity index (χ3v) is 4.31. The summed E-state index contributed by atoms with van der Waals surface area (Å²) >= 11 is 0. The lowest BCUT2D eigenvalue weighted by atomic mass is 9.79. The van der Waals surface area contributed by atoms with Crippen molar-refractivity contribution in [3.05, 3.63) is 0 Å². The molecule has 5 N–H and O–H groups in total. The van der Waals surface area contributed by atoms with Crippen molar-refractivity contribution in [1.82, 2.24) is 5.32 Å². The zero-order valence-corrected chi connectivity index (χ0v) is 11.4. The number of nitrogens with two attached hydrogens (primary N) is 2. The second-order valence-electron chi connectivity index (χ2n) is 4.90. The molecule has 0 saturated heterocycles. The van der Waals surface area contributed by atoms with Gasteiger partial charge in [0.2, 0.25) is 15.9 Å². The predicted molar refractivity (Wildman–Crippen MR) is 70.1 cm³/mol. The van der Waals surface area contributed by atoms with Gasteiger partial charge in [-0.3, -0.25) is 4.79 Å². The summed E-state index contributed by atoms with van der Waals surface area (Å²) in [5.74, 6) is 0.146. The lowest BCUT2D eigenvalue weighted by Gasteiger charge is -2.29. The van der Waals surface area contributed by atoms with E-state index in [1.807, 2.05) is 0 Å². The summed E-state index contributed by atoms with van der Waals surface area (Å²) in [4.78, 5) is 11.9. The highest BCUT2D eigenvalue weighted by atomic mass is 32.2. The summed E-state index contributed by atoms with van der Waals surface area (Å²) in [5, 5.41) is 7.66. The van der Waals surface area contributed by atoms with Crippen molar-refractivity contribution < 1.29 is 13.2 Å². The average Bonchev–Trinajstić information content (AvgIpc) is 2.33. The highest BCUT2D eigenvalue weighted by Gasteiger charge is 2.29. The molecule has 1 fully saturated rings. The molecule has 0 aromatic heterocycles. The van der Waals surface area contributed by atoms with Gasteiger partial charge >= 0.3 is 0 Å². The molecule has 0 spiro atoms. The van der Waals surface area contributed by atoms with Gasteiger partial charge in [0.1, 0.15) is 0 Å². The molecule has 0 radical (unpaired) electrons. The van der Waals surface area contributed by atoms with E-state index in [1.54, 1.807) is 0 Å². The smallest absolute Gasteiger partial charge is 0.223 e. The Morgan fingerprint density at radius 2 is 1.94 bits per heavy atom. The van der Waals surface area contributed by atoms with E-state index in [0.717, 1.165) is 25.7 Å². The Morgan fingerprint density at radius 3 is 2.56 bits per heavy atom. The summed E-state index contributed by atoms with van der Waals surface area (Å²) in [5.41, 5.74) is 5.67. The molecule has 1 saturated carbocycles. The van der Waals surface area contributed by atoms with Crippen LogP contribution in [0.15, 0.2) is 0 Å². The van der Waals surface area contributed by atoms with Gasteiger partial charge in [-0.25, -0.2) is 13.6 Å². The number of sulfonamides is 1. The highest BCUT2D eigenvalue weighted by molar-refractivity contribution is 7.89. The van der Waals surface area contributed by atoms with E-state index in [2.05, 4.69) is 5.32 Å². The van der Waals surface area contributed by atoms with Crippen LogP contribution in [0.5, 0.6) is 0 Å². The van der Waals surface area contributed by atoms with E-state index < -0.39 is 10.0 Å². The molecule has 0 aromatic rings. The van der Waals surface area contributed by atoms with Crippen LogP contribution in [0.1, 0.15) is 32.1 Å². The first-order chi connectivity index (χ1) is 8.44. The third-order valence-electron chi connectivity index (χ3n) is 3.45. The second-order valence-corrected chi connectivity index (χ2v) is 6.63. The van der Waals surface area contributed by atoms with Gasteiger partial charge in [-0.2, -0.15) is 0 Å². The van der Waals surface area contributed by atoms with Crippen LogP contribution in [-0.4, -0.2) is 33.2 Å². The minimum absolute atomic E-state index is 0.000399. The molecule has 7 heteroatoms. The van der Waals surface area contributed by atoms with Crippen LogP contribution in [0, 0.1) is 11.8 Å². The Bertz CT molecular complexity index is 370. The molecule has 106 valence electrons. The molecule has 0 bridgehead atoms. The van der Waals surface area contributed by atoms with Gasteiger partial charge in [-0.1, -0.05) is 12.8 Å². The van der Waals surface area contributed by atoms with Crippen LogP contribution in [-0.2, 0) is 14.8 Å². The third kappa shape index (κ3) is 5.32. The van der Waals surface area contributed by atoms with Crippen molar-refractivity contribution in [1.29, 1.82) is 0 Å². The second kappa shape index (κ2) is 7.06. The maximum Gasteiger partial charge on any atom is 0.223 e. The number of nitrogens with one attached hydrogen (secondary N) is 1. The summed E-state index contributed by atoms with van der Waals surface area (Å²) in [7, 11) is -3.43. The molecule has 18 heavy (non-hydrogen) atoms. The Kier molecular flexibility index (Phi) is 6.04. The summed E-state index contributed by atoms with van der Waals surface area (Å²) in [6.45, 7) is 0.887. The highest BCUT2D eigenvalue weighted by Crippen LogP contribution is 2.29. The SMILES string of the molecule is NCC1CCCCC1C(=O)NCCCS(N)(=O)=O. The zero-order valence-electron chi connectivity index (χ0n) is 10.6. The maximum atomic E-state index is 11.9. The van der Waals surface area contributed by atoms with Gasteiger partial charge < -0.3 is 11.1 Å². The topological polar surface area (TPSA) is 115 Å². The van der Waals surface area contributed by atoms with Crippen LogP contribution in [0.2, 0.25) is 0 Å². The fourth-order valence-electron chi connectivity index (χ4n) is 2.45. The molecule has 1 amide bonds. The summed E-state index contributed by atoms with van der Waals surface area (Å²) in [6.07, 6.45) is 4.43. The molecule has 6 nitrogen and oxygen atoms in total. The van der Waals surface area contributed by atoms with Gasteiger partial charge in [0.15, 0.2) is 0 Å². The summed E-state index contributed by atoms with van der Waals surface area (Å²) < 4.78 is 21.4. The minimum atomic E-state index is -3.43. The first-order valence-corrected chi connectivity index (χ1v) is 8.14. The van der Waals surface area contributed by atoms with Gasteiger partial charge in [0, 0.05) is 12.5 Å². The molecule has 0 aromatic carbocycles. The van der Waals surface area contributed by atoms with E-state index in [0.29, 0.717) is 19.5 Å². The van der Waals surface area contributed by atoms with Crippen molar-refractivity contribution in [2.75, 3.05) is 18.8 Å². The lowest BCUT2D eigenvalue weighted by Crippen LogP contribution is -2.40. The molecule has 2 atom stereocenters. The molecule has 0 aliphatic heterocycles.